The molecule has 0 radical (unpaired) electrons. The molecule has 0 aliphatic rings. The van der Waals surface area contributed by atoms with Crippen LogP contribution in [0.5, 0.6) is 0 Å². The lowest BCUT2D eigenvalue weighted by atomic mass is 10.3. The second kappa shape index (κ2) is 3.68. The molecule has 5 heteroatoms. The average molecular weight is 252 g/mol. The molecule has 2 aromatic rings. The van der Waals surface area contributed by atoms with Gasteiger partial charge in [-0.3, -0.25) is 4.68 Å². The summed E-state index contributed by atoms with van der Waals surface area (Å²) in [5.74, 6) is 0. The lowest BCUT2D eigenvalue weighted by molar-refractivity contribution is 0.535. The predicted molar refractivity (Wildman–Crippen MR) is 52.5 cm³/mol. The van der Waals surface area contributed by atoms with Crippen LogP contribution in [-0.2, 0) is 6.54 Å². The van der Waals surface area contributed by atoms with Crippen LogP contribution in [0.3, 0.4) is 0 Å². The Labute approximate surface area is 88.9 Å². The SMILES string of the molecule is N#Cc1cnn(Cc2coc(Br)c2)c1. The Morgan fingerprint density at radius 3 is 3.07 bits per heavy atom. The Kier molecular flexibility index (Phi) is 2.37. The van der Waals surface area contributed by atoms with Crippen molar-refractivity contribution < 1.29 is 4.42 Å². The van der Waals surface area contributed by atoms with Gasteiger partial charge >= 0.3 is 0 Å². The van der Waals surface area contributed by atoms with Crippen molar-refractivity contribution in [3.05, 3.63) is 40.5 Å². The summed E-state index contributed by atoms with van der Waals surface area (Å²) >= 11 is 3.22. The molecule has 2 heterocycles. The van der Waals surface area contributed by atoms with E-state index in [9.17, 15) is 0 Å². The van der Waals surface area contributed by atoms with Gasteiger partial charge in [0.05, 0.1) is 24.6 Å². The van der Waals surface area contributed by atoms with E-state index in [2.05, 4.69) is 21.0 Å². The lowest BCUT2D eigenvalue weighted by Gasteiger charge is -1.95. The van der Waals surface area contributed by atoms with Crippen LogP contribution in [0.1, 0.15) is 11.1 Å². The summed E-state index contributed by atoms with van der Waals surface area (Å²) in [7, 11) is 0. The zero-order valence-electron chi connectivity index (χ0n) is 7.14. The first-order valence-electron chi connectivity index (χ1n) is 3.93. The number of furan rings is 1. The molecule has 2 aromatic heterocycles. The number of aromatic nitrogens is 2. The number of nitriles is 1. The number of hydrogen-bond donors (Lipinski definition) is 0. The second-order valence-corrected chi connectivity index (χ2v) is 3.58. The molecule has 0 bridgehead atoms. The van der Waals surface area contributed by atoms with E-state index in [1.165, 1.54) is 6.20 Å². The van der Waals surface area contributed by atoms with Crippen molar-refractivity contribution in [2.45, 2.75) is 6.54 Å². The van der Waals surface area contributed by atoms with E-state index in [0.29, 0.717) is 16.8 Å². The van der Waals surface area contributed by atoms with Gasteiger partial charge in [0.2, 0.25) is 0 Å². The van der Waals surface area contributed by atoms with Gasteiger partial charge in [-0.25, -0.2) is 0 Å². The van der Waals surface area contributed by atoms with Crippen molar-refractivity contribution in [3.63, 3.8) is 0 Å². The molecule has 70 valence electrons. The van der Waals surface area contributed by atoms with Crippen LogP contribution >= 0.6 is 15.9 Å². The third-order valence-electron chi connectivity index (χ3n) is 1.73. The molecule has 0 unspecified atom stereocenters. The first-order chi connectivity index (χ1) is 6.78. The van der Waals surface area contributed by atoms with E-state index in [1.807, 2.05) is 12.1 Å². The van der Waals surface area contributed by atoms with Crippen molar-refractivity contribution in [3.8, 4) is 6.07 Å². The number of rotatable bonds is 2. The molecule has 0 aromatic carbocycles. The highest BCUT2D eigenvalue weighted by atomic mass is 79.9. The van der Waals surface area contributed by atoms with Gasteiger partial charge in [0.15, 0.2) is 4.67 Å². The van der Waals surface area contributed by atoms with Gasteiger partial charge in [0, 0.05) is 11.8 Å². The minimum atomic E-state index is 0.563. The zero-order chi connectivity index (χ0) is 9.97. The molecule has 0 amide bonds. The standard InChI is InChI=1S/C9H6BrN3O/c10-9-1-7(6-14-9)4-13-5-8(2-11)3-12-13/h1,3,5-6H,4H2. The molecule has 2 rings (SSSR count). The Balaban J connectivity index is 2.15. The fourth-order valence-electron chi connectivity index (χ4n) is 1.12. The monoisotopic (exact) mass is 251 g/mol. The fourth-order valence-corrected chi connectivity index (χ4v) is 1.51. The van der Waals surface area contributed by atoms with E-state index in [1.54, 1.807) is 17.1 Å². The fraction of sp³-hybridized carbons (Fsp3) is 0.111. The molecule has 0 aliphatic carbocycles. The molecule has 14 heavy (non-hydrogen) atoms. The maximum atomic E-state index is 8.59. The van der Waals surface area contributed by atoms with Crippen molar-refractivity contribution in [2.24, 2.45) is 0 Å². The topological polar surface area (TPSA) is 54.8 Å². The molecule has 0 saturated heterocycles. The largest absolute Gasteiger partial charge is 0.457 e. The van der Waals surface area contributed by atoms with Crippen LogP contribution in [0, 0.1) is 11.3 Å². The molecular formula is C9H6BrN3O. The highest BCUT2D eigenvalue weighted by Gasteiger charge is 2.01. The van der Waals surface area contributed by atoms with E-state index in [4.69, 9.17) is 9.68 Å². The lowest BCUT2D eigenvalue weighted by Crippen LogP contribution is -1.97. The highest BCUT2D eigenvalue weighted by Crippen LogP contribution is 2.14. The van der Waals surface area contributed by atoms with Crippen LogP contribution in [0.2, 0.25) is 0 Å². The summed E-state index contributed by atoms with van der Waals surface area (Å²) in [6, 6.07) is 3.89. The minimum Gasteiger partial charge on any atom is -0.457 e. The molecule has 0 N–H and O–H groups in total. The van der Waals surface area contributed by atoms with Gasteiger partial charge in [-0.2, -0.15) is 10.4 Å². The maximum Gasteiger partial charge on any atom is 0.169 e. The van der Waals surface area contributed by atoms with Crippen molar-refractivity contribution in [2.75, 3.05) is 0 Å². The first-order valence-corrected chi connectivity index (χ1v) is 4.72. The normalized spacial score (nSPS) is 10.0. The summed E-state index contributed by atoms with van der Waals surface area (Å²) in [5, 5.41) is 12.6. The van der Waals surface area contributed by atoms with Crippen LogP contribution in [0.4, 0.5) is 0 Å². The Bertz CT molecular complexity index is 480. The smallest absolute Gasteiger partial charge is 0.169 e. The number of nitrogens with zero attached hydrogens (tertiary/aromatic N) is 3. The molecule has 0 saturated carbocycles. The second-order valence-electron chi connectivity index (χ2n) is 2.80. The van der Waals surface area contributed by atoms with Gasteiger partial charge in [-0.05, 0) is 22.0 Å². The third kappa shape index (κ3) is 1.86. The Hall–Kier alpha value is -1.54. The van der Waals surface area contributed by atoms with E-state index in [0.717, 1.165) is 5.56 Å². The van der Waals surface area contributed by atoms with Gasteiger partial charge in [-0.1, -0.05) is 0 Å². The summed E-state index contributed by atoms with van der Waals surface area (Å²) in [6.07, 6.45) is 4.88. The third-order valence-corrected chi connectivity index (χ3v) is 2.14. The van der Waals surface area contributed by atoms with Crippen molar-refractivity contribution in [1.82, 2.24) is 9.78 Å². The van der Waals surface area contributed by atoms with Crippen LogP contribution in [0.25, 0.3) is 0 Å². The predicted octanol–water partition coefficient (Wildman–Crippen LogP) is 2.16. The van der Waals surface area contributed by atoms with Gasteiger partial charge in [-0.15, -0.1) is 0 Å². The van der Waals surface area contributed by atoms with Crippen LogP contribution in [-0.4, -0.2) is 9.78 Å². The number of hydrogen-bond acceptors (Lipinski definition) is 3. The van der Waals surface area contributed by atoms with Crippen molar-refractivity contribution >= 4 is 15.9 Å². The molecule has 0 fully saturated rings. The average Bonchev–Trinajstić information content (AvgIpc) is 2.76. The summed E-state index contributed by atoms with van der Waals surface area (Å²) in [4.78, 5) is 0. The highest BCUT2D eigenvalue weighted by molar-refractivity contribution is 9.10. The van der Waals surface area contributed by atoms with Gasteiger partial charge in [0.1, 0.15) is 6.07 Å². The summed E-state index contributed by atoms with van der Waals surface area (Å²) in [6.45, 7) is 0.608. The first kappa shape index (κ1) is 9.03. The molecule has 0 aliphatic heterocycles. The van der Waals surface area contributed by atoms with Crippen molar-refractivity contribution in [1.29, 1.82) is 5.26 Å². The van der Waals surface area contributed by atoms with Crippen LogP contribution < -0.4 is 0 Å². The maximum absolute atomic E-state index is 8.59. The Morgan fingerprint density at radius 2 is 2.50 bits per heavy atom. The van der Waals surface area contributed by atoms with Crippen LogP contribution in [0.15, 0.2) is 33.8 Å². The molecular weight excluding hydrogens is 246 g/mol. The van der Waals surface area contributed by atoms with Gasteiger partial charge in [0.25, 0.3) is 0 Å². The van der Waals surface area contributed by atoms with E-state index < -0.39 is 0 Å². The Morgan fingerprint density at radius 1 is 1.64 bits per heavy atom. The zero-order valence-corrected chi connectivity index (χ0v) is 8.73. The molecule has 0 atom stereocenters. The minimum absolute atomic E-state index is 0.563. The summed E-state index contributed by atoms with van der Waals surface area (Å²) in [5.41, 5.74) is 1.57. The van der Waals surface area contributed by atoms with E-state index >= 15 is 0 Å². The summed E-state index contributed by atoms with van der Waals surface area (Å²) < 4.78 is 7.47. The molecule has 0 spiro atoms. The molecule has 4 nitrogen and oxygen atoms in total. The van der Waals surface area contributed by atoms with E-state index in [-0.39, 0.29) is 0 Å². The van der Waals surface area contributed by atoms with Gasteiger partial charge < -0.3 is 4.42 Å². The number of halogens is 1. The quantitative estimate of drug-likeness (QED) is 0.822.